The van der Waals surface area contributed by atoms with Crippen LogP contribution in [0.2, 0.25) is 0 Å². The van der Waals surface area contributed by atoms with Crippen LogP contribution in [0.25, 0.3) is 0 Å². The van der Waals surface area contributed by atoms with E-state index in [1.54, 1.807) is 0 Å². The number of hydrogen-bond acceptors (Lipinski definition) is 2. The number of nitrogens with zero attached hydrogens (tertiary/aromatic N) is 2. The standard InChI is InChI=1S/C15H29N3/c1-11(2)16-10-13(15(4,5)6)9-14-8-12(3)17-18(14)7/h8,11,13,16H,9-10H2,1-7H3. The van der Waals surface area contributed by atoms with Crippen LogP contribution in [0.1, 0.15) is 46.0 Å². The third-order valence-electron chi connectivity index (χ3n) is 3.55. The minimum atomic E-state index is 0.306. The second-order valence-corrected chi connectivity index (χ2v) is 6.73. The Kier molecular flexibility index (Phi) is 4.97. The molecule has 0 saturated carbocycles. The van der Waals surface area contributed by atoms with Crippen LogP contribution in [0.3, 0.4) is 0 Å². The Labute approximate surface area is 112 Å². The van der Waals surface area contributed by atoms with Crippen molar-refractivity contribution in [2.45, 2.75) is 54.0 Å². The van der Waals surface area contributed by atoms with Crippen LogP contribution in [0.15, 0.2) is 6.07 Å². The van der Waals surface area contributed by atoms with E-state index in [0.29, 0.717) is 17.4 Å². The largest absolute Gasteiger partial charge is 0.314 e. The van der Waals surface area contributed by atoms with Gasteiger partial charge in [-0.25, -0.2) is 0 Å². The van der Waals surface area contributed by atoms with Gasteiger partial charge in [-0.3, -0.25) is 4.68 Å². The first-order valence-corrected chi connectivity index (χ1v) is 6.93. The molecule has 1 rings (SSSR count). The Hall–Kier alpha value is -0.830. The average molecular weight is 251 g/mol. The van der Waals surface area contributed by atoms with Crippen LogP contribution < -0.4 is 5.32 Å². The molecular weight excluding hydrogens is 222 g/mol. The van der Waals surface area contributed by atoms with Gasteiger partial charge in [0.05, 0.1) is 5.69 Å². The van der Waals surface area contributed by atoms with Gasteiger partial charge in [-0.05, 0) is 37.3 Å². The van der Waals surface area contributed by atoms with Crippen molar-refractivity contribution in [1.29, 1.82) is 0 Å². The molecule has 0 bridgehead atoms. The van der Waals surface area contributed by atoms with E-state index in [1.807, 2.05) is 11.7 Å². The molecule has 104 valence electrons. The predicted molar refractivity (Wildman–Crippen MR) is 77.7 cm³/mol. The molecule has 1 unspecified atom stereocenters. The van der Waals surface area contributed by atoms with Gasteiger partial charge in [-0.1, -0.05) is 34.6 Å². The Morgan fingerprint density at radius 2 is 1.94 bits per heavy atom. The van der Waals surface area contributed by atoms with Crippen LogP contribution in [-0.4, -0.2) is 22.4 Å². The second kappa shape index (κ2) is 5.87. The summed E-state index contributed by atoms with van der Waals surface area (Å²) in [4.78, 5) is 0. The minimum Gasteiger partial charge on any atom is -0.314 e. The Bertz CT molecular complexity index is 372. The fourth-order valence-corrected chi connectivity index (χ4v) is 2.17. The van der Waals surface area contributed by atoms with Gasteiger partial charge < -0.3 is 5.32 Å². The zero-order chi connectivity index (χ0) is 13.9. The fourth-order valence-electron chi connectivity index (χ4n) is 2.17. The maximum absolute atomic E-state index is 4.44. The van der Waals surface area contributed by atoms with Crippen molar-refractivity contribution in [1.82, 2.24) is 15.1 Å². The molecule has 0 radical (unpaired) electrons. The molecule has 3 heteroatoms. The third kappa shape index (κ3) is 4.45. The molecule has 0 aliphatic heterocycles. The van der Waals surface area contributed by atoms with Gasteiger partial charge in [-0.2, -0.15) is 5.10 Å². The van der Waals surface area contributed by atoms with E-state index in [9.17, 15) is 0 Å². The maximum Gasteiger partial charge on any atom is 0.0596 e. The third-order valence-corrected chi connectivity index (χ3v) is 3.55. The van der Waals surface area contributed by atoms with Gasteiger partial charge >= 0.3 is 0 Å². The molecular formula is C15H29N3. The highest BCUT2D eigenvalue weighted by atomic mass is 15.3. The summed E-state index contributed by atoms with van der Waals surface area (Å²) in [6, 6.07) is 2.75. The lowest BCUT2D eigenvalue weighted by atomic mass is 9.78. The Morgan fingerprint density at radius 1 is 1.33 bits per heavy atom. The van der Waals surface area contributed by atoms with Gasteiger partial charge in [-0.15, -0.1) is 0 Å². The highest BCUT2D eigenvalue weighted by molar-refractivity contribution is 5.10. The topological polar surface area (TPSA) is 29.9 Å². The lowest BCUT2D eigenvalue weighted by molar-refractivity contribution is 0.223. The van der Waals surface area contributed by atoms with Gasteiger partial charge in [0, 0.05) is 18.8 Å². The number of nitrogens with one attached hydrogen (secondary N) is 1. The SMILES string of the molecule is Cc1cc(CC(CNC(C)C)C(C)(C)C)n(C)n1. The molecule has 0 fully saturated rings. The summed E-state index contributed by atoms with van der Waals surface area (Å²) in [5, 5.41) is 8.01. The lowest BCUT2D eigenvalue weighted by Gasteiger charge is -2.31. The molecule has 1 heterocycles. The molecule has 0 spiro atoms. The van der Waals surface area contributed by atoms with E-state index in [1.165, 1.54) is 5.69 Å². The van der Waals surface area contributed by atoms with Gasteiger partial charge in [0.2, 0.25) is 0 Å². The predicted octanol–water partition coefficient (Wildman–Crippen LogP) is 2.93. The Morgan fingerprint density at radius 3 is 2.33 bits per heavy atom. The smallest absolute Gasteiger partial charge is 0.0596 e. The quantitative estimate of drug-likeness (QED) is 0.872. The summed E-state index contributed by atoms with van der Waals surface area (Å²) < 4.78 is 2.02. The molecule has 1 N–H and O–H groups in total. The summed E-state index contributed by atoms with van der Waals surface area (Å²) in [5.74, 6) is 0.620. The van der Waals surface area contributed by atoms with Crippen LogP contribution in [0, 0.1) is 18.3 Å². The van der Waals surface area contributed by atoms with Crippen molar-refractivity contribution in [3.63, 3.8) is 0 Å². The van der Waals surface area contributed by atoms with Crippen LogP contribution in [0.5, 0.6) is 0 Å². The molecule has 18 heavy (non-hydrogen) atoms. The van der Waals surface area contributed by atoms with Crippen molar-refractivity contribution < 1.29 is 0 Å². The van der Waals surface area contributed by atoms with Crippen molar-refractivity contribution >= 4 is 0 Å². The number of rotatable bonds is 5. The highest BCUT2D eigenvalue weighted by Crippen LogP contribution is 2.28. The van der Waals surface area contributed by atoms with E-state index in [-0.39, 0.29) is 0 Å². The van der Waals surface area contributed by atoms with Gasteiger partial charge in [0.1, 0.15) is 0 Å². The summed E-state index contributed by atoms with van der Waals surface area (Å²) in [5.41, 5.74) is 2.75. The zero-order valence-corrected chi connectivity index (χ0v) is 13.0. The first kappa shape index (κ1) is 15.2. The highest BCUT2D eigenvalue weighted by Gasteiger charge is 2.25. The maximum atomic E-state index is 4.44. The zero-order valence-electron chi connectivity index (χ0n) is 13.0. The van der Waals surface area contributed by atoms with Gasteiger partial charge in [0.25, 0.3) is 0 Å². The van der Waals surface area contributed by atoms with E-state index in [2.05, 4.69) is 58.0 Å². The normalized spacial score (nSPS) is 14.2. The second-order valence-electron chi connectivity index (χ2n) is 6.73. The van der Waals surface area contributed by atoms with Crippen LogP contribution >= 0.6 is 0 Å². The summed E-state index contributed by atoms with van der Waals surface area (Å²) in [6.07, 6.45) is 1.08. The Balaban J connectivity index is 2.75. The van der Waals surface area contributed by atoms with Crippen LogP contribution in [0.4, 0.5) is 0 Å². The van der Waals surface area contributed by atoms with Crippen molar-refractivity contribution in [3.8, 4) is 0 Å². The average Bonchev–Trinajstić information content (AvgIpc) is 2.49. The van der Waals surface area contributed by atoms with Crippen molar-refractivity contribution in [2.24, 2.45) is 18.4 Å². The summed E-state index contributed by atoms with van der Waals surface area (Å²) in [6.45, 7) is 14.5. The molecule has 1 aromatic heterocycles. The van der Waals surface area contributed by atoms with E-state index in [0.717, 1.165) is 18.7 Å². The van der Waals surface area contributed by atoms with E-state index >= 15 is 0 Å². The van der Waals surface area contributed by atoms with Crippen molar-refractivity contribution in [3.05, 3.63) is 17.5 Å². The molecule has 0 amide bonds. The first-order valence-electron chi connectivity index (χ1n) is 6.93. The van der Waals surface area contributed by atoms with E-state index < -0.39 is 0 Å². The summed E-state index contributed by atoms with van der Waals surface area (Å²) >= 11 is 0. The molecule has 3 nitrogen and oxygen atoms in total. The fraction of sp³-hybridized carbons (Fsp3) is 0.800. The van der Waals surface area contributed by atoms with Crippen LogP contribution in [-0.2, 0) is 13.5 Å². The number of hydrogen-bond donors (Lipinski definition) is 1. The van der Waals surface area contributed by atoms with Crippen molar-refractivity contribution in [2.75, 3.05) is 6.54 Å². The first-order chi connectivity index (χ1) is 8.20. The number of aryl methyl sites for hydroxylation is 2. The lowest BCUT2D eigenvalue weighted by Crippen LogP contribution is -2.36. The molecule has 0 aromatic carbocycles. The van der Waals surface area contributed by atoms with E-state index in [4.69, 9.17) is 0 Å². The monoisotopic (exact) mass is 251 g/mol. The molecule has 0 aliphatic carbocycles. The molecule has 1 atom stereocenters. The van der Waals surface area contributed by atoms with Gasteiger partial charge in [0.15, 0.2) is 0 Å². The minimum absolute atomic E-state index is 0.306. The molecule has 0 aliphatic rings. The molecule has 0 saturated heterocycles. The summed E-state index contributed by atoms with van der Waals surface area (Å²) in [7, 11) is 2.04. The number of aromatic nitrogens is 2. The molecule has 1 aromatic rings.